The average molecular weight is 274 g/mol. The van der Waals surface area contributed by atoms with Crippen LogP contribution in [0.4, 0.5) is 0 Å². The van der Waals surface area contributed by atoms with Gasteiger partial charge in [-0.2, -0.15) is 0 Å². The number of pyridine rings is 1. The van der Waals surface area contributed by atoms with Crippen molar-refractivity contribution in [1.82, 2.24) is 9.88 Å². The molecule has 2 heterocycles. The van der Waals surface area contributed by atoms with E-state index in [2.05, 4.69) is 16.8 Å². The van der Waals surface area contributed by atoms with Gasteiger partial charge in [0.1, 0.15) is 6.61 Å². The van der Waals surface area contributed by atoms with Crippen LogP contribution in [0.1, 0.15) is 35.7 Å². The maximum atomic E-state index is 12.3. The quantitative estimate of drug-likeness (QED) is 0.728. The highest BCUT2D eigenvalue weighted by molar-refractivity contribution is 5.94. The first kappa shape index (κ1) is 14.5. The predicted octanol–water partition coefficient (Wildman–Crippen LogP) is 0.412. The van der Waals surface area contributed by atoms with Gasteiger partial charge < -0.3 is 15.1 Å². The van der Waals surface area contributed by atoms with E-state index >= 15 is 0 Å². The molecule has 0 aliphatic carbocycles. The lowest BCUT2D eigenvalue weighted by molar-refractivity contribution is -0.00203. The minimum Gasteiger partial charge on any atom is -0.390 e. The van der Waals surface area contributed by atoms with Crippen molar-refractivity contribution in [3.05, 3.63) is 29.6 Å². The predicted molar refractivity (Wildman–Crippen MR) is 74.0 cm³/mol. The molecule has 1 aliphatic rings. The van der Waals surface area contributed by atoms with E-state index in [0.717, 1.165) is 0 Å². The molecule has 0 unspecified atom stereocenters. The number of piperidine rings is 1. The van der Waals surface area contributed by atoms with E-state index in [1.165, 1.54) is 6.20 Å². The lowest BCUT2D eigenvalue weighted by atomic mass is 9.93. The normalized spacial score (nSPS) is 17.2. The number of aliphatic hydroxyl groups excluding tert-OH is 1. The molecular formula is C15H18N2O3. The van der Waals surface area contributed by atoms with Crippen LogP contribution in [0.25, 0.3) is 0 Å². The van der Waals surface area contributed by atoms with Crippen molar-refractivity contribution in [2.45, 2.75) is 25.4 Å². The molecule has 20 heavy (non-hydrogen) atoms. The Morgan fingerprint density at radius 3 is 2.80 bits per heavy atom. The monoisotopic (exact) mass is 274 g/mol. The van der Waals surface area contributed by atoms with Crippen LogP contribution in [-0.4, -0.2) is 51.3 Å². The summed E-state index contributed by atoms with van der Waals surface area (Å²) in [5.41, 5.74) is 0.411. The van der Waals surface area contributed by atoms with Gasteiger partial charge in [0.25, 0.3) is 5.91 Å². The third kappa shape index (κ3) is 3.56. The molecule has 0 bridgehead atoms. The van der Waals surface area contributed by atoms with Gasteiger partial charge in [0.05, 0.1) is 11.2 Å². The summed E-state index contributed by atoms with van der Waals surface area (Å²) < 4.78 is 0. The maximum absolute atomic E-state index is 12.3. The summed E-state index contributed by atoms with van der Waals surface area (Å²) >= 11 is 0. The van der Waals surface area contributed by atoms with E-state index in [1.807, 2.05) is 0 Å². The van der Waals surface area contributed by atoms with E-state index in [9.17, 15) is 9.90 Å². The molecular weight excluding hydrogens is 256 g/mol. The van der Waals surface area contributed by atoms with Gasteiger partial charge in [-0.15, -0.1) is 0 Å². The molecule has 0 saturated carbocycles. The van der Waals surface area contributed by atoms with Gasteiger partial charge in [-0.3, -0.25) is 9.78 Å². The van der Waals surface area contributed by atoms with E-state index < -0.39 is 5.60 Å². The second-order valence-corrected chi connectivity index (χ2v) is 5.21. The lowest BCUT2D eigenvalue weighted by Gasteiger charge is -2.35. The van der Waals surface area contributed by atoms with Crippen LogP contribution in [0.2, 0.25) is 0 Å². The fourth-order valence-corrected chi connectivity index (χ4v) is 2.14. The van der Waals surface area contributed by atoms with Crippen LogP contribution in [0, 0.1) is 11.8 Å². The molecule has 5 heteroatoms. The minimum atomic E-state index is -0.677. The van der Waals surface area contributed by atoms with Gasteiger partial charge in [0.2, 0.25) is 0 Å². The zero-order valence-electron chi connectivity index (χ0n) is 11.5. The molecule has 0 atom stereocenters. The number of amides is 1. The number of aliphatic hydroxyl groups is 2. The molecule has 1 aromatic rings. The summed E-state index contributed by atoms with van der Waals surface area (Å²) in [5.74, 6) is 5.16. The second-order valence-electron chi connectivity index (χ2n) is 5.21. The summed E-state index contributed by atoms with van der Waals surface area (Å²) in [6.45, 7) is 2.65. The Balaban J connectivity index is 2.10. The van der Waals surface area contributed by atoms with Crippen LogP contribution in [-0.2, 0) is 0 Å². The van der Waals surface area contributed by atoms with E-state index in [1.54, 1.807) is 24.1 Å². The number of hydrogen-bond acceptors (Lipinski definition) is 4. The standard InChI is InChI=1S/C15H18N2O3/c1-15(20)4-6-17(7-5-15)14(19)13-9-12(3-2-8-18)10-16-11-13/h9-11,18,20H,4-8H2,1H3. The SMILES string of the molecule is CC1(O)CCN(C(=O)c2cncc(C#CCO)c2)CC1. The number of carbonyl (C=O) groups is 1. The molecule has 5 nitrogen and oxygen atoms in total. The zero-order valence-corrected chi connectivity index (χ0v) is 11.5. The molecule has 1 fully saturated rings. The highest BCUT2D eigenvalue weighted by Gasteiger charge is 2.30. The Bertz CT molecular complexity index is 548. The fraction of sp³-hybridized carbons (Fsp3) is 0.467. The maximum Gasteiger partial charge on any atom is 0.255 e. The fourth-order valence-electron chi connectivity index (χ4n) is 2.14. The molecule has 0 radical (unpaired) electrons. The summed E-state index contributed by atoms with van der Waals surface area (Å²) in [4.78, 5) is 18.1. The van der Waals surface area contributed by atoms with Crippen LogP contribution in [0.3, 0.4) is 0 Å². The third-order valence-electron chi connectivity index (χ3n) is 3.42. The van der Waals surface area contributed by atoms with Gasteiger partial charge >= 0.3 is 0 Å². The molecule has 0 spiro atoms. The van der Waals surface area contributed by atoms with Crippen LogP contribution >= 0.6 is 0 Å². The number of rotatable bonds is 1. The Labute approximate surface area is 118 Å². The smallest absolute Gasteiger partial charge is 0.255 e. The first-order chi connectivity index (χ1) is 9.52. The Kier molecular flexibility index (Phi) is 4.38. The molecule has 1 amide bonds. The van der Waals surface area contributed by atoms with Gasteiger partial charge in [0, 0.05) is 31.0 Å². The van der Waals surface area contributed by atoms with E-state index in [0.29, 0.717) is 37.1 Å². The minimum absolute atomic E-state index is 0.0966. The van der Waals surface area contributed by atoms with Crippen molar-refractivity contribution in [2.24, 2.45) is 0 Å². The molecule has 0 aromatic carbocycles. The summed E-state index contributed by atoms with van der Waals surface area (Å²) in [6, 6.07) is 1.67. The summed E-state index contributed by atoms with van der Waals surface area (Å²) in [5, 5.41) is 18.6. The van der Waals surface area contributed by atoms with Crippen LogP contribution in [0.5, 0.6) is 0 Å². The Morgan fingerprint density at radius 2 is 2.15 bits per heavy atom. The van der Waals surface area contributed by atoms with Gasteiger partial charge in [-0.1, -0.05) is 11.8 Å². The first-order valence-electron chi connectivity index (χ1n) is 6.58. The number of carbonyl (C=O) groups excluding carboxylic acids is 1. The number of aromatic nitrogens is 1. The summed E-state index contributed by atoms with van der Waals surface area (Å²) in [6.07, 6.45) is 4.23. The van der Waals surface area contributed by atoms with Crippen molar-refractivity contribution < 1.29 is 15.0 Å². The number of nitrogens with zero attached hydrogens (tertiary/aromatic N) is 2. The molecule has 2 N–H and O–H groups in total. The van der Waals surface area contributed by atoms with Crippen molar-refractivity contribution in [3.63, 3.8) is 0 Å². The molecule has 1 saturated heterocycles. The van der Waals surface area contributed by atoms with Crippen molar-refractivity contribution in [2.75, 3.05) is 19.7 Å². The van der Waals surface area contributed by atoms with Crippen LogP contribution in [0.15, 0.2) is 18.5 Å². The Hall–Kier alpha value is -1.90. The summed E-state index contributed by atoms with van der Waals surface area (Å²) in [7, 11) is 0. The topological polar surface area (TPSA) is 73.7 Å². The highest BCUT2D eigenvalue weighted by atomic mass is 16.3. The molecule has 1 aromatic heterocycles. The molecule has 2 rings (SSSR count). The van der Waals surface area contributed by atoms with Gasteiger partial charge in [-0.25, -0.2) is 0 Å². The highest BCUT2D eigenvalue weighted by Crippen LogP contribution is 2.22. The van der Waals surface area contributed by atoms with Crippen molar-refractivity contribution >= 4 is 5.91 Å². The molecule has 106 valence electrons. The van der Waals surface area contributed by atoms with Crippen LogP contribution < -0.4 is 0 Å². The van der Waals surface area contributed by atoms with Crippen molar-refractivity contribution in [3.8, 4) is 11.8 Å². The molecule has 1 aliphatic heterocycles. The van der Waals surface area contributed by atoms with Crippen molar-refractivity contribution in [1.29, 1.82) is 0 Å². The first-order valence-corrected chi connectivity index (χ1v) is 6.58. The number of likely N-dealkylation sites (tertiary alicyclic amines) is 1. The van der Waals surface area contributed by atoms with E-state index in [-0.39, 0.29) is 12.5 Å². The zero-order chi connectivity index (χ0) is 14.6. The Morgan fingerprint density at radius 1 is 1.45 bits per heavy atom. The largest absolute Gasteiger partial charge is 0.390 e. The number of hydrogen-bond donors (Lipinski definition) is 2. The third-order valence-corrected chi connectivity index (χ3v) is 3.42. The van der Waals surface area contributed by atoms with Gasteiger partial charge in [-0.05, 0) is 25.8 Å². The average Bonchev–Trinajstić information content (AvgIpc) is 2.45. The van der Waals surface area contributed by atoms with E-state index in [4.69, 9.17) is 5.11 Å². The second kappa shape index (κ2) is 6.04. The lowest BCUT2D eigenvalue weighted by Crippen LogP contribution is -2.45. The van der Waals surface area contributed by atoms with Gasteiger partial charge in [0.15, 0.2) is 0 Å².